The summed E-state index contributed by atoms with van der Waals surface area (Å²) in [6.07, 6.45) is 0. The zero-order valence-electron chi connectivity index (χ0n) is 11.2. The topological polar surface area (TPSA) is 52.0 Å². The number of hydrogen-bond acceptors (Lipinski definition) is 2. The number of nitrogens with two attached hydrogens (primary N) is 2. The first-order chi connectivity index (χ1) is 11.1. The number of fused-ring (bicyclic) bond motifs is 2. The van der Waals surface area contributed by atoms with E-state index in [1.165, 1.54) is 0 Å². The minimum Gasteiger partial charge on any atom is -0.394 e. The van der Waals surface area contributed by atoms with Crippen molar-refractivity contribution in [1.29, 1.82) is 0 Å². The van der Waals surface area contributed by atoms with Crippen LogP contribution in [0.25, 0.3) is 21.5 Å². The predicted molar refractivity (Wildman–Crippen MR) is 69.9 cm³/mol. The molecule has 0 amide bonds. The number of anilines is 2. The molecule has 0 saturated heterocycles. The molecule has 0 radical (unpaired) electrons. The van der Waals surface area contributed by atoms with Crippen molar-refractivity contribution in [1.82, 2.24) is 0 Å². The van der Waals surface area contributed by atoms with E-state index in [0.29, 0.717) is 0 Å². The third-order valence-corrected chi connectivity index (χ3v) is 3.59. The Balaban J connectivity index is 2.82. The normalized spacial score (nSPS) is 11.7. The Labute approximate surface area is 127 Å². The minimum atomic E-state index is -2.12. The molecule has 0 saturated carbocycles. The van der Waals surface area contributed by atoms with Gasteiger partial charge in [0.25, 0.3) is 0 Å². The van der Waals surface area contributed by atoms with Crippen molar-refractivity contribution in [2.75, 3.05) is 11.5 Å². The number of hydrogen-bond donors (Lipinski definition) is 2. The molecule has 0 aliphatic rings. The zero-order valence-corrected chi connectivity index (χ0v) is 11.2. The van der Waals surface area contributed by atoms with Crippen LogP contribution < -0.4 is 11.5 Å². The maximum atomic E-state index is 14.4. The van der Waals surface area contributed by atoms with Gasteiger partial charge in [0.05, 0.1) is 21.5 Å². The molecule has 24 heavy (non-hydrogen) atoms. The first-order valence-electron chi connectivity index (χ1n) is 6.09. The van der Waals surface area contributed by atoms with E-state index < -0.39 is 79.5 Å². The van der Waals surface area contributed by atoms with E-state index in [0.717, 1.165) is 0 Å². The van der Waals surface area contributed by atoms with E-state index in [-0.39, 0.29) is 0 Å². The van der Waals surface area contributed by atoms with Crippen molar-refractivity contribution in [2.24, 2.45) is 0 Å². The van der Waals surface area contributed by atoms with E-state index in [9.17, 15) is 35.1 Å². The van der Waals surface area contributed by atoms with Gasteiger partial charge >= 0.3 is 0 Å². The Morgan fingerprint density at radius 3 is 0.875 bits per heavy atom. The molecule has 0 aliphatic heterocycles. The molecule has 126 valence electrons. The first kappa shape index (κ1) is 16.1. The molecule has 2 nitrogen and oxygen atoms in total. The Bertz CT molecular complexity index is 896. The summed E-state index contributed by atoms with van der Waals surface area (Å²) >= 11 is 0. The summed E-state index contributed by atoms with van der Waals surface area (Å²) in [5.41, 5.74) is 6.78. The van der Waals surface area contributed by atoms with Gasteiger partial charge in [-0.05, 0) is 0 Å². The Morgan fingerprint density at radius 2 is 0.583 bits per heavy atom. The van der Waals surface area contributed by atoms with Crippen LogP contribution in [-0.2, 0) is 0 Å². The molecule has 0 spiro atoms. The standard InChI is InChI=1S/C14H4F8N2/c15-5-1-3(9(19)13(23)11(21)7(1)17)6(16)2-4(5)10(20)14(24)12(22)8(2)18/h23-24H2. The predicted octanol–water partition coefficient (Wildman–Crippen LogP) is 4.27. The highest BCUT2D eigenvalue weighted by Crippen LogP contribution is 2.41. The largest absolute Gasteiger partial charge is 0.394 e. The fourth-order valence-corrected chi connectivity index (χ4v) is 2.43. The first-order valence-corrected chi connectivity index (χ1v) is 6.09. The highest BCUT2D eigenvalue weighted by atomic mass is 19.2. The van der Waals surface area contributed by atoms with Gasteiger partial charge in [-0.25, -0.2) is 35.1 Å². The molecular formula is C14H4F8N2. The van der Waals surface area contributed by atoms with Crippen LogP contribution in [0.4, 0.5) is 46.5 Å². The zero-order chi connectivity index (χ0) is 18.1. The molecule has 0 atom stereocenters. The van der Waals surface area contributed by atoms with Gasteiger partial charge in [-0.3, -0.25) is 0 Å². The van der Waals surface area contributed by atoms with Gasteiger partial charge in [-0.2, -0.15) is 0 Å². The molecular weight excluding hydrogens is 348 g/mol. The molecule has 0 fully saturated rings. The molecule has 0 unspecified atom stereocenters. The molecule has 0 heterocycles. The molecule has 3 rings (SSSR count). The summed E-state index contributed by atoms with van der Waals surface area (Å²) in [5, 5.41) is -6.46. The van der Waals surface area contributed by atoms with Crippen LogP contribution in [0.3, 0.4) is 0 Å². The van der Waals surface area contributed by atoms with Gasteiger partial charge in [-0.15, -0.1) is 0 Å². The molecule has 4 N–H and O–H groups in total. The van der Waals surface area contributed by atoms with E-state index in [1.54, 1.807) is 0 Å². The van der Waals surface area contributed by atoms with Gasteiger partial charge in [0.1, 0.15) is 23.0 Å². The third-order valence-electron chi connectivity index (χ3n) is 3.59. The number of rotatable bonds is 0. The lowest BCUT2D eigenvalue weighted by atomic mass is 9.98. The van der Waals surface area contributed by atoms with E-state index in [1.807, 2.05) is 0 Å². The summed E-state index contributed by atoms with van der Waals surface area (Å²) in [4.78, 5) is 0. The van der Waals surface area contributed by atoms with Gasteiger partial charge in [0, 0.05) is 0 Å². The summed E-state index contributed by atoms with van der Waals surface area (Å²) in [6, 6.07) is 0. The van der Waals surface area contributed by atoms with Crippen LogP contribution in [0.1, 0.15) is 0 Å². The number of halogens is 8. The minimum absolute atomic E-state index is 1.51. The molecule has 0 bridgehead atoms. The summed E-state index contributed by atoms with van der Waals surface area (Å²) < 4.78 is 111. The van der Waals surface area contributed by atoms with Crippen LogP contribution >= 0.6 is 0 Å². The van der Waals surface area contributed by atoms with Gasteiger partial charge in [0.15, 0.2) is 34.9 Å². The van der Waals surface area contributed by atoms with Crippen LogP contribution in [0.2, 0.25) is 0 Å². The van der Waals surface area contributed by atoms with E-state index >= 15 is 0 Å². The lowest BCUT2D eigenvalue weighted by Gasteiger charge is -2.14. The average Bonchev–Trinajstić information content (AvgIpc) is 2.55. The maximum absolute atomic E-state index is 14.4. The summed E-state index contributed by atoms with van der Waals surface area (Å²) in [7, 11) is 0. The van der Waals surface area contributed by atoms with E-state index in [2.05, 4.69) is 0 Å². The second-order valence-corrected chi connectivity index (χ2v) is 4.84. The second-order valence-electron chi connectivity index (χ2n) is 4.84. The SMILES string of the molecule is Nc1c(F)c(F)c2c(F)c3c(F)c(N)c(F)c(F)c3c(F)c2c1F. The molecule has 10 heteroatoms. The summed E-state index contributed by atoms with van der Waals surface area (Å²) in [6.45, 7) is 0. The van der Waals surface area contributed by atoms with Gasteiger partial charge in [0.2, 0.25) is 0 Å². The fraction of sp³-hybridized carbons (Fsp3) is 0. The molecule has 3 aromatic carbocycles. The van der Waals surface area contributed by atoms with Gasteiger partial charge < -0.3 is 11.5 Å². The third kappa shape index (κ3) is 1.70. The van der Waals surface area contributed by atoms with Gasteiger partial charge in [-0.1, -0.05) is 0 Å². The lowest BCUT2D eigenvalue weighted by molar-refractivity contribution is 0.497. The summed E-state index contributed by atoms with van der Waals surface area (Å²) in [5.74, 6) is -16.3. The smallest absolute Gasteiger partial charge is 0.185 e. The fourth-order valence-electron chi connectivity index (χ4n) is 2.43. The number of nitrogen functional groups attached to an aromatic ring is 2. The Hall–Kier alpha value is -2.78. The molecule has 0 aliphatic carbocycles. The van der Waals surface area contributed by atoms with Crippen LogP contribution in [0.5, 0.6) is 0 Å². The molecule has 3 aromatic rings. The number of benzene rings is 3. The molecule has 0 aromatic heterocycles. The quantitative estimate of drug-likeness (QED) is 0.275. The van der Waals surface area contributed by atoms with Crippen molar-refractivity contribution in [2.45, 2.75) is 0 Å². The van der Waals surface area contributed by atoms with Crippen molar-refractivity contribution >= 4 is 32.9 Å². The van der Waals surface area contributed by atoms with Crippen molar-refractivity contribution in [3.8, 4) is 0 Å². The van der Waals surface area contributed by atoms with Crippen molar-refractivity contribution in [3.05, 3.63) is 46.5 Å². The monoisotopic (exact) mass is 352 g/mol. The average molecular weight is 352 g/mol. The van der Waals surface area contributed by atoms with Crippen molar-refractivity contribution in [3.63, 3.8) is 0 Å². The van der Waals surface area contributed by atoms with Crippen LogP contribution in [0.15, 0.2) is 0 Å². The lowest BCUT2D eigenvalue weighted by Crippen LogP contribution is -2.08. The Morgan fingerprint density at radius 1 is 0.333 bits per heavy atom. The highest BCUT2D eigenvalue weighted by molar-refractivity contribution is 6.03. The van der Waals surface area contributed by atoms with Crippen LogP contribution in [0, 0.1) is 46.5 Å². The second kappa shape index (κ2) is 4.86. The van der Waals surface area contributed by atoms with Crippen LogP contribution in [-0.4, -0.2) is 0 Å². The highest BCUT2D eigenvalue weighted by Gasteiger charge is 2.31. The maximum Gasteiger partial charge on any atom is 0.185 e. The van der Waals surface area contributed by atoms with E-state index in [4.69, 9.17) is 11.5 Å². The van der Waals surface area contributed by atoms with Crippen molar-refractivity contribution < 1.29 is 35.1 Å². The Kier molecular flexibility index (Phi) is 3.26.